The number of benzene rings is 2. The molecule has 2 aromatic carbocycles. The molecule has 25 heavy (non-hydrogen) atoms. The van der Waals surface area contributed by atoms with Crippen molar-refractivity contribution in [2.45, 2.75) is 13.5 Å². The Hall–Kier alpha value is -2.43. The number of aromatic amines is 1. The van der Waals surface area contributed by atoms with Gasteiger partial charge in [-0.1, -0.05) is 42.5 Å². The molecule has 2 heterocycles. The Kier molecular flexibility index (Phi) is 4.63. The Morgan fingerprint density at radius 2 is 2.00 bits per heavy atom. The topological polar surface area (TPSA) is 41.1 Å². The highest BCUT2D eigenvalue weighted by Crippen LogP contribution is 2.20. The van der Waals surface area contributed by atoms with Gasteiger partial charge in [0, 0.05) is 25.0 Å². The molecular weight excluding hydrogens is 310 g/mol. The van der Waals surface area contributed by atoms with E-state index < -0.39 is 0 Å². The smallest absolute Gasteiger partial charge is 0.0927 e. The summed E-state index contributed by atoms with van der Waals surface area (Å²) in [6, 6.07) is 15.1. The molecule has 1 aliphatic rings. The van der Waals surface area contributed by atoms with Crippen LogP contribution in [0.25, 0.3) is 23.1 Å². The lowest BCUT2D eigenvalue weighted by Crippen LogP contribution is -2.35. The number of aromatic nitrogens is 2. The summed E-state index contributed by atoms with van der Waals surface area (Å²) >= 11 is 0. The second kappa shape index (κ2) is 7.21. The minimum atomic E-state index is 0.839. The first-order valence-electron chi connectivity index (χ1n) is 8.80. The van der Waals surface area contributed by atoms with Crippen molar-refractivity contribution in [1.29, 1.82) is 0 Å². The molecule has 0 amide bonds. The summed E-state index contributed by atoms with van der Waals surface area (Å²) in [5.41, 5.74) is 5.84. The second-order valence-corrected chi connectivity index (χ2v) is 6.62. The number of nitrogens with zero attached hydrogens (tertiary/aromatic N) is 2. The molecule has 0 aliphatic carbocycles. The van der Waals surface area contributed by atoms with Crippen LogP contribution in [0.2, 0.25) is 0 Å². The van der Waals surface area contributed by atoms with Gasteiger partial charge in [0.2, 0.25) is 0 Å². The Bertz CT molecular complexity index is 891. The van der Waals surface area contributed by atoms with Crippen molar-refractivity contribution in [3.63, 3.8) is 0 Å². The Morgan fingerprint density at radius 1 is 1.12 bits per heavy atom. The molecule has 4 heteroatoms. The predicted octanol–water partition coefficient (Wildman–Crippen LogP) is 3.87. The van der Waals surface area contributed by atoms with E-state index in [2.05, 4.69) is 76.6 Å². The minimum Gasteiger partial charge on any atom is -0.379 e. The van der Waals surface area contributed by atoms with Gasteiger partial charge in [0.25, 0.3) is 0 Å². The fourth-order valence-electron chi connectivity index (χ4n) is 3.27. The number of hydrogen-bond donors (Lipinski definition) is 1. The van der Waals surface area contributed by atoms with Crippen LogP contribution in [0.15, 0.2) is 42.5 Å². The molecule has 1 N–H and O–H groups in total. The van der Waals surface area contributed by atoms with Crippen LogP contribution in [-0.4, -0.2) is 41.4 Å². The molecule has 0 radical (unpaired) electrons. The summed E-state index contributed by atoms with van der Waals surface area (Å²) in [6.45, 7) is 6.78. The number of aryl methyl sites for hydroxylation is 1. The maximum Gasteiger partial charge on any atom is 0.0927 e. The first-order valence-corrected chi connectivity index (χ1v) is 8.80. The SMILES string of the molecule is Cc1ccc2c(/C=C/c3cccc(CN4CCOCC4)c3)n[nH]c2c1. The standard InChI is InChI=1S/C21H23N3O/c1-16-5-7-19-20(22-23-21(19)13-16)8-6-17-3-2-4-18(14-17)15-24-9-11-25-12-10-24/h2-8,13-14H,9-12,15H2,1H3,(H,22,23)/b8-6+. The van der Waals surface area contributed by atoms with E-state index in [0.717, 1.165) is 49.4 Å². The van der Waals surface area contributed by atoms with E-state index in [9.17, 15) is 0 Å². The van der Waals surface area contributed by atoms with E-state index in [1.54, 1.807) is 0 Å². The van der Waals surface area contributed by atoms with Gasteiger partial charge in [-0.2, -0.15) is 5.10 Å². The maximum absolute atomic E-state index is 5.42. The van der Waals surface area contributed by atoms with E-state index in [0.29, 0.717) is 0 Å². The number of rotatable bonds is 4. The minimum absolute atomic E-state index is 0.839. The summed E-state index contributed by atoms with van der Waals surface area (Å²) in [4.78, 5) is 2.44. The highest BCUT2D eigenvalue weighted by molar-refractivity contribution is 5.89. The molecule has 3 aromatic rings. The third-order valence-electron chi connectivity index (χ3n) is 4.64. The van der Waals surface area contributed by atoms with Crippen LogP contribution < -0.4 is 0 Å². The summed E-state index contributed by atoms with van der Waals surface area (Å²) < 4.78 is 5.42. The fourth-order valence-corrected chi connectivity index (χ4v) is 3.27. The van der Waals surface area contributed by atoms with Crippen LogP contribution in [-0.2, 0) is 11.3 Å². The Balaban J connectivity index is 1.51. The third-order valence-corrected chi connectivity index (χ3v) is 4.64. The van der Waals surface area contributed by atoms with E-state index in [4.69, 9.17) is 4.74 Å². The lowest BCUT2D eigenvalue weighted by atomic mass is 10.1. The van der Waals surface area contributed by atoms with Crippen LogP contribution in [0.1, 0.15) is 22.4 Å². The molecule has 1 aliphatic heterocycles. The highest BCUT2D eigenvalue weighted by atomic mass is 16.5. The van der Waals surface area contributed by atoms with E-state index in [1.807, 2.05) is 0 Å². The summed E-state index contributed by atoms with van der Waals surface area (Å²) in [5, 5.41) is 8.70. The first-order chi connectivity index (χ1) is 12.3. The van der Waals surface area contributed by atoms with Crippen LogP contribution in [0.5, 0.6) is 0 Å². The fraction of sp³-hybridized carbons (Fsp3) is 0.286. The van der Waals surface area contributed by atoms with Gasteiger partial charge in [0.15, 0.2) is 0 Å². The number of ether oxygens (including phenoxy) is 1. The predicted molar refractivity (Wildman–Crippen MR) is 102 cm³/mol. The van der Waals surface area contributed by atoms with Gasteiger partial charge in [-0.25, -0.2) is 0 Å². The average Bonchev–Trinajstić information content (AvgIpc) is 3.03. The highest BCUT2D eigenvalue weighted by Gasteiger charge is 2.10. The molecule has 4 nitrogen and oxygen atoms in total. The van der Waals surface area contributed by atoms with Gasteiger partial charge in [0.1, 0.15) is 0 Å². The lowest BCUT2D eigenvalue weighted by Gasteiger charge is -2.26. The molecule has 128 valence electrons. The van der Waals surface area contributed by atoms with Crippen LogP contribution in [0.4, 0.5) is 0 Å². The maximum atomic E-state index is 5.42. The average molecular weight is 333 g/mol. The summed E-state index contributed by atoms with van der Waals surface area (Å²) in [6.07, 6.45) is 4.22. The van der Waals surface area contributed by atoms with Crippen molar-refractivity contribution in [3.8, 4) is 0 Å². The lowest BCUT2D eigenvalue weighted by molar-refractivity contribution is 0.0342. The molecule has 0 unspecified atom stereocenters. The Labute approximate surface area is 148 Å². The quantitative estimate of drug-likeness (QED) is 0.788. The molecule has 0 atom stereocenters. The third kappa shape index (κ3) is 3.81. The molecule has 1 fully saturated rings. The molecule has 1 aromatic heterocycles. The zero-order valence-electron chi connectivity index (χ0n) is 14.5. The number of morpholine rings is 1. The number of H-pyrrole nitrogens is 1. The van der Waals surface area contributed by atoms with Gasteiger partial charge < -0.3 is 4.74 Å². The molecular formula is C21H23N3O. The van der Waals surface area contributed by atoms with E-state index >= 15 is 0 Å². The summed E-state index contributed by atoms with van der Waals surface area (Å²) in [7, 11) is 0. The Morgan fingerprint density at radius 3 is 2.88 bits per heavy atom. The zero-order chi connectivity index (χ0) is 17.1. The van der Waals surface area contributed by atoms with E-state index in [1.165, 1.54) is 16.7 Å². The van der Waals surface area contributed by atoms with Crippen molar-refractivity contribution < 1.29 is 4.74 Å². The van der Waals surface area contributed by atoms with Gasteiger partial charge in [-0.05, 0) is 35.8 Å². The van der Waals surface area contributed by atoms with Gasteiger partial charge >= 0.3 is 0 Å². The van der Waals surface area contributed by atoms with Crippen molar-refractivity contribution in [3.05, 3.63) is 64.8 Å². The van der Waals surface area contributed by atoms with Gasteiger partial charge in [-0.15, -0.1) is 0 Å². The van der Waals surface area contributed by atoms with Crippen LogP contribution in [0.3, 0.4) is 0 Å². The van der Waals surface area contributed by atoms with Crippen LogP contribution in [0, 0.1) is 6.92 Å². The number of nitrogens with one attached hydrogen (secondary N) is 1. The number of fused-ring (bicyclic) bond motifs is 1. The van der Waals surface area contributed by atoms with Crippen molar-refractivity contribution in [1.82, 2.24) is 15.1 Å². The van der Waals surface area contributed by atoms with Gasteiger partial charge in [0.05, 0.1) is 24.4 Å². The second-order valence-electron chi connectivity index (χ2n) is 6.62. The largest absolute Gasteiger partial charge is 0.379 e. The van der Waals surface area contributed by atoms with E-state index in [-0.39, 0.29) is 0 Å². The molecule has 0 saturated carbocycles. The van der Waals surface area contributed by atoms with Crippen molar-refractivity contribution >= 4 is 23.1 Å². The van der Waals surface area contributed by atoms with Crippen molar-refractivity contribution in [2.75, 3.05) is 26.3 Å². The monoisotopic (exact) mass is 333 g/mol. The first kappa shape index (κ1) is 16.1. The molecule has 0 spiro atoms. The normalized spacial score (nSPS) is 16.0. The number of hydrogen-bond acceptors (Lipinski definition) is 3. The molecule has 0 bridgehead atoms. The summed E-state index contributed by atoms with van der Waals surface area (Å²) in [5.74, 6) is 0. The van der Waals surface area contributed by atoms with Gasteiger partial charge in [-0.3, -0.25) is 10.00 Å². The zero-order valence-corrected chi connectivity index (χ0v) is 14.5. The van der Waals surface area contributed by atoms with Crippen LogP contribution >= 0.6 is 0 Å². The molecule has 4 rings (SSSR count). The van der Waals surface area contributed by atoms with Crippen molar-refractivity contribution in [2.24, 2.45) is 0 Å². The molecule has 1 saturated heterocycles.